The summed E-state index contributed by atoms with van der Waals surface area (Å²) in [5.74, 6) is 0.821. The second-order valence-corrected chi connectivity index (χ2v) is 2.78. The third kappa shape index (κ3) is 2.06. The van der Waals surface area contributed by atoms with Crippen LogP contribution in [0.1, 0.15) is 12.2 Å². The Hall–Kier alpha value is -0.450. The molecule has 0 atom stereocenters. The first-order valence-corrected chi connectivity index (χ1v) is 4.24. The van der Waals surface area contributed by atoms with Crippen molar-refractivity contribution >= 4 is 15.9 Å². The predicted octanol–water partition coefficient (Wildman–Crippen LogP) is 0.538. The smallest absolute Gasteiger partial charge is 0.167 e. The molecule has 10 heavy (non-hydrogen) atoms. The number of hydrogen-bond donors (Lipinski definition) is 0. The summed E-state index contributed by atoms with van der Waals surface area (Å²) < 4.78 is 0. The maximum atomic E-state index is 4.02. The van der Waals surface area contributed by atoms with E-state index in [1.165, 1.54) is 4.80 Å². The lowest BCUT2D eigenvalue weighted by Crippen LogP contribution is -1.93. The van der Waals surface area contributed by atoms with E-state index in [1.54, 1.807) is 7.05 Å². The van der Waals surface area contributed by atoms with E-state index >= 15 is 0 Å². The molecule has 0 aliphatic rings. The molecule has 0 bridgehead atoms. The van der Waals surface area contributed by atoms with Gasteiger partial charge in [0.05, 0.1) is 7.05 Å². The quantitative estimate of drug-likeness (QED) is 0.676. The van der Waals surface area contributed by atoms with Crippen LogP contribution < -0.4 is 0 Å². The van der Waals surface area contributed by atoms with Crippen LogP contribution in [0, 0.1) is 0 Å². The van der Waals surface area contributed by atoms with Crippen LogP contribution in [-0.2, 0) is 13.5 Å². The highest BCUT2D eigenvalue weighted by molar-refractivity contribution is 9.09. The van der Waals surface area contributed by atoms with Crippen molar-refractivity contribution in [2.24, 2.45) is 7.05 Å². The van der Waals surface area contributed by atoms with Gasteiger partial charge in [-0.3, -0.25) is 0 Å². The fourth-order valence-corrected chi connectivity index (χ4v) is 0.929. The van der Waals surface area contributed by atoms with Gasteiger partial charge >= 0.3 is 0 Å². The van der Waals surface area contributed by atoms with E-state index in [0.717, 1.165) is 24.0 Å². The van der Waals surface area contributed by atoms with Crippen LogP contribution in [0.5, 0.6) is 0 Å². The summed E-state index contributed by atoms with van der Waals surface area (Å²) in [6, 6.07) is 0. The maximum Gasteiger partial charge on any atom is 0.174 e. The minimum atomic E-state index is 0.821. The Labute approximate surface area is 67.7 Å². The van der Waals surface area contributed by atoms with Crippen molar-refractivity contribution in [3.8, 4) is 0 Å². The molecule has 56 valence electrons. The molecule has 1 heterocycles. The van der Waals surface area contributed by atoms with E-state index in [4.69, 9.17) is 0 Å². The zero-order chi connectivity index (χ0) is 7.40. The molecule has 5 heteroatoms. The summed E-state index contributed by atoms with van der Waals surface area (Å²) in [4.78, 5) is 1.48. The molecule has 0 amide bonds. The van der Waals surface area contributed by atoms with Gasteiger partial charge in [0.1, 0.15) is 0 Å². The summed E-state index contributed by atoms with van der Waals surface area (Å²) in [6.45, 7) is 0. The Kier molecular flexibility index (Phi) is 2.80. The van der Waals surface area contributed by atoms with Crippen molar-refractivity contribution in [1.29, 1.82) is 0 Å². The lowest BCUT2D eigenvalue weighted by atomic mass is 10.3. The minimum absolute atomic E-state index is 0.821. The topological polar surface area (TPSA) is 43.6 Å². The zero-order valence-corrected chi connectivity index (χ0v) is 7.37. The standard InChI is InChI=1S/C5H9BrN4/c1-10-8-5(7-9-10)3-2-4-6/h2-4H2,1H3. The molecular weight excluding hydrogens is 196 g/mol. The van der Waals surface area contributed by atoms with Crippen LogP contribution in [0.15, 0.2) is 0 Å². The molecule has 4 nitrogen and oxygen atoms in total. The number of nitrogens with zero attached hydrogens (tertiary/aromatic N) is 4. The van der Waals surface area contributed by atoms with E-state index in [0.29, 0.717) is 0 Å². The number of rotatable bonds is 3. The Morgan fingerprint density at radius 3 is 2.90 bits per heavy atom. The van der Waals surface area contributed by atoms with Gasteiger partial charge in [-0.05, 0) is 11.6 Å². The zero-order valence-electron chi connectivity index (χ0n) is 5.79. The largest absolute Gasteiger partial charge is 0.174 e. The van der Waals surface area contributed by atoms with Crippen molar-refractivity contribution in [3.05, 3.63) is 5.82 Å². The Morgan fingerprint density at radius 1 is 1.60 bits per heavy atom. The molecule has 0 saturated carbocycles. The van der Waals surface area contributed by atoms with E-state index < -0.39 is 0 Å². The van der Waals surface area contributed by atoms with E-state index in [-0.39, 0.29) is 0 Å². The van der Waals surface area contributed by atoms with Gasteiger partial charge in [-0.15, -0.1) is 10.2 Å². The van der Waals surface area contributed by atoms with Crippen LogP contribution in [0.4, 0.5) is 0 Å². The van der Waals surface area contributed by atoms with Gasteiger partial charge in [-0.2, -0.15) is 4.80 Å². The van der Waals surface area contributed by atoms with Crippen LogP contribution in [0.25, 0.3) is 0 Å². The van der Waals surface area contributed by atoms with Gasteiger partial charge in [0.15, 0.2) is 5.82 Å². The van der Waals surface area contributed by atoms with Gasteiger partial charge in [-0.25, -0.2) is 0 Å². The molecule has 0 unspecified atom stereocenters. The lowest BCUT2D eigenvalue weighted by Gasteiger charge is -1.86. The highest BCUT2D eigenvalue weighted by Crippen LogP contribution is 1.95. The summed E-state index contributed by atoms with van der Waals surface area (Å²) in [5.41, 5.74) is 0. The molecule has 1 aromatic heterocycles. The van der Waals surface area contributed by atoms with Crippen molar-refractivity contribution < 1.29 is 0 Å². The third-order valence-corrected chi connectivity index (χ3v) is 1.64. The van der Waals surface area contributed by atoms with Crippen molar-refractivity contribution in [2.75, 3.05) is 5.33 Å². The molecule has 0 fully saturated rings. The van der Waals surface area contributed by atoms with E-state index in [2.05, 4.69) is 31.3 Å². The number of aromatic nitrogens is 4. The molecule has 0 aromatic carbocycles. The Bertz CT molecular complexity index is 197. The van der Waals surface area contributed by atoms with E-state index in [1.807, 2.05) is 0 Å². The van der Waals surface area contributed by atoms with Crippen molar-refractivity contribution in [3.63, 3.8) is 0 Å². The van der Waals surface area contributed by atoms with Gasteiger partial charge in [0.2, 0.25) is 0 Å². The average Bonchev–Trinajstić information content (AvgIpc) is 2.31. The normalized spacial score (nSPS) is 10.2. The maximum absolute atomic E-state index is 4.02. The number of halogens is 1. The van der Waals surface area contributed by atoms with Crippen LogP contribution >= 0.6 is 15.9 Å². The van der Waals surface area contributed by atoms with E-state index in [9.17, 15) is 0 Å². The molecule has 1 rings (SSSR count). The first-order chi connectivity index (χ1) is 4.83. The first-order valence-electron chi connectivity index (χ1n) is 3.12. The van der Waals surface area contributed by atoms with Gasteiger partial charge in [0, 0.05) is 11.8 Å². The van der Waals surface area contributed by atoms with Gasteiger partial charge in [-0.1, -0.05) is 15.9 Å². The Balaban J connectivity index is 2.42. The molecule has 0 aliphatic heterocycles. The fourth-order valence-electron chi connectivity index (χ4n) is 0.648. The van der Waals surface area contributed by atoms with Gasteiger partial charge in [0.25, 0.3) is 0 Å². The minimum Gasteiger partial charge on any atom is -0.167 e. The molecule has 0 N–H and O–H groups in total. The van der Waals surface area contributed by atoms with Gasteiger partial charge < -0.3 is 0 Å². The molecular formula is C5H9BrN4. The molecule has 0 saturated heterocycles. The fraction of sp³-hybridized carbons (Fsp3) is 0.800. The first kappa shape index (κ1) is 7.65. The molecule has 0 radical (unpaired) electrons. The summed E-state index contributed by atoms with van der Waals surface area (Å²) in [5, 5.41) is 12.6. The lowest BCUT2D eigenvalue weighted by molar-refractivity contribution is 0.627. The van der Waals surface area contributed by atoms with Crippen LogP contribution in [0.2, 0.25) is 0 Å². The second-order valence-electron chi connectivity index (χ2n) is 1.99. The summed E-state index contributed by atoms with van der Waals surface area (Å²) in [7, 11) is 1.77. The summed E-state index contributed by atoms with van der Waals surface area (Å²) >= 11 is 3.33. The van der Waals surface area contributed by atoms with Crippen molar-refractivity contribution in [2.45, 2.75) is 12.8 Å². The number of aryl methyl sites for hydroxylation is 2. The van der Waals surface area contributed by atoms with Crippen molar-refractivity contribution in [1.82, 2.24) is 20.2 Å². The SMILES string of the molecule is Cn1nnc(CCCBr)n1. The monoisotopic (exact) mass is 204 g/mol. The Morgan fingerprint density at radius 2 is 2.40 bits per heavy atom. The highest BCUT2D eigenvalue weighted by Gasteiger charge is 1.97. The molecule has 0 spiro atoms. The second kappa shape index (κ2) is 3.65. The third-order valence-electron chi connectivity index (χ3n) is 1.08. The highest BCUT2D eigenvalue weighted by atomic mass is 79.9. The number of alkyl halides is 1. The average molecular weight is 205 g/mol. The molecule has 1 aromatic rings. The van der Waals surface area contributed by atoms with Crippen LogP contribution in [0.3, 0.4) is 0 Å². The number of tetrazole rings is 1. The number of hydrogen-bond acceptors (Lipinski definition) is 3. The summed E-state index contributed by atoms with van der Waals surface area (Å²) in [6.07, 6.45) is 1.96. The van der Waals surface area contributed by atoms with Crippen LogP contribution in [-0.4, -0.2) is 25.5 Å². The predicted molar refractivity (Wildman–Crippen MR) is 40.9 cm³/mol. The molecule has 0 aliphatic carbocycles.